The van der Waals surface area contributed by atoms with Crippen LogP contribution < -0.4 is 0 Å². The topological polar surface area (TPSA) is 15.7 Å². The Morgan fingerprint density at radius 3 is 1.88 bits per heavy atom. The van der Waals surface area contributed by atoms with Crippen molar-refractivity contribution in [3.8, 4) is 0 Å². The molecule has 4 rings (SSSR count). The van der Waals surface area contributed by atoms with Crippen molar-refractivity contribution in [2.45, 2.75) is 12.5 Å². The molecule has 34 heavy (non-hydrogen) atoms. The predicted octanol–water partition coefficient (Wildman–Crippen LogP) is 6.02. The van der Waals surface area contributed by atoms with Crippen LogP contribution in [-0.4, -0.2) is 49.1 Å². The van der Waals surface area contributed by atoms with Gasteiger partial charge in [-0.2, -0.15) is 0 Å². The Morgan fingerprint density at radius 1 is 0.765 bits per heavy atom. The maximum Gasteiger partial charge on any atom is 0.123 e. The Hall–Kier alpha value is -2.54. The van der Waals surface area contributed by atoms with Crippen LogP contribution in [-0.2, 0) is 11.2 Å². The molecule has 1 aliphatic heterocycles. The zero-order valence-electron chi connectivity index (χ0n) is 19.2. The second kappa shape index (κ2) is 13.4. The Labute approximate surface area is 211 Å². The van der Waals surface area contributed by atoms with Gasteiger partial charge >= 0.3 is 0 Å². The molecule has 0 aromatic heterocycles. The summed E-state index contributed by atoms with van der Waals surface area (Å²) in [5, 5.41) is 0. The molecular formula is C28H31BrF2N2O. The molecule has 0 saturated carbocycles. The van der Waals surface area contributed by atoms with E-state index < -0.39 is 0 Å². The molecule has 0 aliphatic carbocycles. The summed E-state index contributed by atoms with van der Waals surface area (Å²) in [5.74, 6) is -0.570. The van der Waals surface area contributed by atoms with E-state index in [0.717, 1.165) is 50.3 Å². The number of benzene rings is 3. The van der Waals surface area contributed by atoms with Gasteiger partial charge in [0.2, 0.25) is 0 Å². The van der Waals surface area contributed by atoms with E-state index in [2.05, 4.69) is 46.3 Å². The minimum Gasteiger partial charge on any atom is -0.375 e. The molecule has 1 heterocycles. The Kier molecular flexibility index (Phi) is 10.3. The van der Waals surface area contributed by atoms with Crippen molar-refractivity contribution in [3.05, 3.63) is 119 Å². The predicted molar refractivity (Wildman–Crippen MR) is 138 cm³/mol. The van der Waals surface area contributed by atoms with Crippen LogP contribution in [0.15, 0.2) is 91.1 Å². The van der Waals surface area contributed by atoms with Gasteiger partial charge in [-0.15, -0.1) is 17.0 Å². The third kappa shape index (κ3) is 7.76. The average molecular weight is 529 g/mol. The van der Waals surface area contributed by atoms with E-state index in [-0.39, 0.29) is 34.7 Å². The molecule has 180 valence electrons. The number of piperazine rings is 1. The molecule has 0 N–H and O–H groups in total. The van der Waals surface area contributed by atoms with Crippen molar-refractivity contribution in [2.75, 3.05) is 39.3 Å². The van der Waals surface area contributed by atoms with Crippen LogP contribution in [0.4, 0.5) is 8.78 Å². The lowest BCUT2D eigenvalue weighted by molar-refractivity contribution is 0.0502. The van der Waals surface area contributed by atoms with Gasteiger partial charge < -0.3 is 9.64 Å². The number of ether oxygens (including phenoxy) is 1. The van der Waals surface area contributed by atoms with Crippen molar-refractivity contribution in [3.63, 3.8) is 0 Å². The van der Waals surface area contributed by atoms with E-state index in [1.807, 2.05) is 6.07 Å². The summed E-state index contributed by atoms with van der Waals surface area (Å²) in [6, 6.07) is 23.1. The summed E-state index contributed by atoms with van der Waals surface area (Å²) in [4.78, 5) is 4.76. The first-order chi connectivity index (χ1) is 16.2. The fraction of sp³-hybridized carbons (Fsp3) is 0.286. The van der Waals surface area contributed by atoms with Crippen LogP contribution in [0.5, 0.6) is 0 Å². The highest BCUT2D eigenvalue weighted by atomic mass is 79.9. The van der Waals surface area contributed by atoms with Crippen LogP contribution in [0.2, 0.25) is 0 Å². The van der Waals surface area contributed by atoms with E-state index in [9.17, 15) is 8.78 Å². The first-order valence-electron chi connectivity index (χ1n) is 11.5. The number of halogens is 3. The Balaban J connectivity index is 0.00000324. The minimum absolute atomic E-state index is 0. The van der Waals surface area contributed by atoms with E-state index >= 15 is 0 Å². The molecule has 3 aromatic rings. The third-order valence-corrected chi connectivity index (χ3v) is 5.96. The fourth-order valence-corrected chi connectivity index (χ4v) is 4.05. The lowest BCUT2D eigenvalue weighted by Crippen LogP contribution is -2.45. The molecule has 1 aliphatic rings. The normalized spacial score (nSPS) is 14.5. The zero-order valence-corrected chi connectivity index (χ0v) is 20.9. The second-order valence-corrected chi connectivity index (χ2v) is 8.31. The van der Waals surface area contributed by atoms with Crippen LogP contribution in [0.25, 0.3) is 0 Å². The van der Waals surface area contributed by atoms with Gasteiger partial charge in [-0.3, -0.25) is 4.90 Å². The van der Waals surface area contributed by atoms with Gasteiger partial charge in [0.05, 0.1) is 6.61 Å². The van der Waals surface area contributed by atoms with Crippen LogP contribution in [0, 0.1) is 11.6 Å². The number of hydrogen-bond donors (Lipinski definition) is 0. The molecule has 0 atom stereocenters. The van der Waals surface area contributed by atoms with E-state index in [0.29, 0.717) is 6.61 Å². The molecule has 6 heteroatoms. The summed E-state index contributed by atoms with van der Waals surface area (Å²) in [6.07, 6.45) is 5.03. The van der Waals surface area contributed by atoms with E-state index in [4.69, 9.17) is 4.74 Å². The highest BCUT2D eigenvalue weighted by molar-refractivity contribution is 8.93. The number of rotatable bonds is 9. The van der Waals surface area contributed by atoms with Gasteiger partial charge in [0.1, 0.15) is 17.7 Å². The molecule has 0 radical (unpaired) electrons. The molecule has 0 bridgehead atoms. The van der Waals surface area contributed by atoms with Crippen LogP contribution in [0.1, 0.15) is 22.8 Å². The maximum atomic E-state index is 13.4. The quantitative estimate of drug-likeness (QED) is 0.337. The number of hydrogen-bond acceptors (Lipinski definition) is 3. The van der Waals surface area contributed by atoms with Gasteiger partial charge in [0, 0.05) is 32.7 Å². The van der Waals surface area contributed by atoms with Crippen molar-refractivity contribution < 1.29 is 13.5 Å². The highest BCUT2D eigenvalue weighted by Crippen LogP contribution is 2.26. The van der Waals surface area contributed by atoms with Crippen LogP contribution >= 0.6 is 17.0 Å². The van der Waals surface area contributed by atoms with Gasteiger partial charge in [-0.25, -0.2) is 8.78 Å². The highest BCUT2D eigenvalue weighted by Gasteiger charge is 2.18. The van der Waals surface area contributed by atoms with Gasteiger partial charge in [-0.1, -0.05) is 60.7 Å². The standard InChI is InChI=1S/C28H30F2N2O.BrH/c29-26-12-8-24(9-13-26)28(25-10-14-27(30)15-11-25)33-22-21-32-19-17-31(18-20-32)16-4-7-23-5-2-1-3-6-23;/h1-6,8-16,28H,7,17-22H2;1H/b16-4+;. The first kappa shape index (κ1) is 26.1. The molecular weight excluding hydrogens is 498 g/mol. The van der Waals surface area contributed by atoms with E-state index in [1.54, 1.807) is 24.3 Å². The molecule has 0 amide bonds. The lowest BCUT2D eigenvalue weighted by Gasteiger charge is -2.34. The second-order valence-electron chi connectivity index (χ2n) is 8.31. The number of nitrogens with zero attached hydrogens (tertiary/aromatic N) is 2. The number of allylic oxidation sites excluding steroid dienone is 1. The largest absolute Gasteiger partial charge is 0.375 e. The summed E-state index contributed by atoms with van der Waals surface area (Å²) in [5.41, 5.74) is 3.04. The summed E-state index contributed by atoms with van der Waals surface area (Å²) < 4.78 is 33.0. The van der Waals surface area contributed by atoms with E-state index in [1.165, 1.54) is 29.8 Å². The van der Waals surface area contributed by atoms with Crippen molar-refractivity contribution in [1.29, 1.82) is 0 Å². The average Bonchev–Trinajstić information content (AvgIpc) is 2.85. The summed E-state index contributed by atoms with van der Waals surface area (Å²) in [7, 11) is 0. The molecule has 1 saturated heterocycles. The molecule has 3 aromatic carbocycles. The third-order valence-electron chi connectivity index (χ3n) is 5.96. The molecule has 0 spiro atoms. The van der Waals surface area contributed by atoms with Gasteiger partial charge in [0.15, 0.2) is 0 Å². The van der Waals surface area contributed by atoms with Crippen LogP contribution in [0.3, 0.4) is 0 Å². The fourth-order valence-electron chi connectivity index (χ4n) is 4.05. The Bertz CT molecular complexity index is 959. The monoisotopic (exact) mass is 528 g/mol. The lowest BCUT2D eigenvalue weighted by atomic mass is 10.0. The van der Waals surface area contributed by atoms with Crippen molar-refractivity contribution in [1.82, 2.24) is 9.80 Å². The minimum atomic E-state index is -0.353. The smallest absolute Gasteiger partial charge is 0.123 e. The summed E-state index contributed by atoms with van der Waals surface area (Å²) >= 11 is 0. The van der Waals surface area contributed by atoms with Crippen molar-refractivity contribution in [2.24, 2.45) is 0 Å². The molecule has 0 unspecified atom stereocenters. The van der Waals surface area contributed by atoms with Crippen molar-refractivity contribution >= 4 is 17.0 Å². The molecule has 1 fully saturated rings. The SMILES string of the molecule is Br.Fc1ccc(C(OCCN2CCN(/C=C/Cc3ccccc3)CC2)c2ccc(F)cc2)cc1. The maximum absolute atomic E-state index is 13.4. The zero-order chi connectivity index (χ0) is 22.9. The molecule has 3 nitrogen and oxygen atoms in total. The van der Waals surface area contributed by atoms with Gasteiger partial charge in [-0.05, 0) is 53.6 Å². The Morgan fingerprint density at radius 2 is 1.32 bits per heavy atom. The summed E-state index contributed by atoms with van der Waals surface area (Å²) in [6.45, 7) is 5.31. The van der Waals surface area contributed by atoms with Gasteiger partial charge in [0.25, 0.3) is 0 Å². The first-order valence-corrected chi connectivity index (χ1v) is 11.5.